The molecule has 0 saturated heterocycles. The van der Waals surface area contributed by atoms with Crippen molar-refractivity contribution in [3.8, 4) is 11.5 Å². The number of hydrogen-bond donors (Lipinski definition) is 6. The van der Waals surface area contributed by atoms with Crippen LogP contribution < -0.4 is 43.0 Å². The van der Waals surface area contributed by atoms with Crippen LogP contribution in [0.1, 0.15) is 42.6 Å². The smallest absolute Gasteiger partial charge is 0.338 e. The number of carbonyl (C=O) groups excluding carboxylic acids is 2. The van der Waals surface area contributed by atoms with E-state index in [1.54, 1.807) is 36.4 Å². The first-order valence-corrected chi connectivity index (χ1v) is 14.7. The number of esters is 1. The third kappa shape index (κ3) is 14.6. The fourth-order valence-electron chi connectivity index (χ4n) is 3.97. The van der Waals surface area contributed by atoms with Crippen molar-refractivity contribution < 1.29 is 23.8 Å². The fourth-order valence-corrected chi connectivity index (χ4v) is 3.97. The van der Waals surface area contributed by atoms with Crippen molar-refractivity contribution in [2.24, 2.45) is 32.9 Å². The van der Waals surface area contributed by atoms with Gasteiger partial charge in [-0.3, -0.25) is 14.8 Å². The van der Waals surface area contributed by atoms with Crippen LogP contribution in [0, 0.1) is 0 Å². The van der Waals surface area contributed by atoms with Crippen molar-refractivity contribution in [1.82, 2.24) is 10.2 Å². The highest BCUT2D eigenvalue weighted by atomic mass is 16.5. The molecule has 242 valence electrons. The van der Waals surface area contributed by atoms with E-state index in [9.17, 15) is 9.59 Å². The monoisotopic (exact) mass is 613 g/mol. The molecule has 2 aromatic carbocycles. The lowest BCUT2D eigenvalue weighted by Gasteiger charge is -2.17. The average Bonchev–Trinajstić information content (AvgIpc) is 3.00. The van der Waals surface area contributed by atoms with Gasteiger partial charge in [0.2, 0.25) is 0 Å². The molecule has 14 nitrogen and oxygen atoms in total. The summed E-state index contributed by atoms with van der Waals surface area (Å²) in [7, 11) is 0. The highest BCUT2D eigenvalue weighted by Gasteiger charge is 2.11. The SMILES string of the molecule is CCN(CC)CCOC(=O)c1ccc(NC(=O)COc2ccc(OCCN=C(N)N)c(CNCCCCN=C(N)N)c2)cc1. The van der Waals surface area contributed by atoms with Crippen LogP contribution >= 0.6 is 0 Å². The van der Waals surface area contributed by atoms with Gasteiger partial charge in [0.15, 0.2) is 18.5 Å². The van der Waals surface area contributed by atoms with E-state index in [-0.39, 0.29) is 24.4 Å². The number of nitrogens with one attached hydrogen (secondary N) is 2. The molecule has 2 aromatic rings. The number of hydrogen-bond acceptors (Lipinski definition) is 9. The summed E-state index contributed by atoms with van der Waals surface area (Å²) >= 11 is 0. The van der Waals surface area contributed by atoms with Crippen molar-refractivity contribution in [2.75, 3.05) is 64.4 Å². The van der Waals surface area contributed by atoms with Crippen LogP contribution in [-0.2, 0) is 16.1 Å². The van der Waals surface area contributed by atoms with Crippen LogP contribution in [-0.4, -0.2) is 87.8 Å². The predicted molar refractivity (Wildman–Crippen MR) is 173 cm³/mol. The molecule has 10 N–H and O–H groups in total. The standard InChI is InChI=1S/C30H47N9O5/c1-3-39(4-2)16-18-43-28(41)22-7-9-24(10-8-22)38-27(40)21-44-25-11-12-26(42-17-15-37-30(33)34)23(19-25)20-35-13-5-6-14-36-29(31)32/h7-12,19,35H,3-6,13-18,20-21H2,1-2H3,(H,38,40)(H4,31,32,36)(H4,33,34,37). The summed E-state index contributed by atoms with van der Waals surface area (Å²) < 4.78 is 17.0. The second kappa shape index (κ2) is 20.4. The maximum Gasteiger partial charge on any atom is 0.338 e. The van der Waals surface area contributed by atoms with E-state index in [2.05, 4.69) is 39.4 Å². The number of amides is 1. The van der Waals surface area contributed by atoms with Crippen molar-refractivity contribution in [2.45, 2.75) is 33.2 Å². The summed E-state index contributed by atoms with van der Waals surface area (Å²) in [5.74, 6) is 0.480. The van der Waals surface area contributed by atoms with E-state index < -0.39 is 5.97 Å². The van der Waals surface area contributed by atoms with Gasteiger partial charge in [0.25, 0.3) is 5.91 Å². The molecule has 0 saturated carbocycles. The maximum absolute atomic E-state index is 12.6. The minimum atomic E-state index is -0.404. The van der Waals surface area contributed by atoms with Gasteiger partial charge in [-0.2, -0.15) is 0 Å². The summed E-state index contributed by atoms with van der Waals surface area (Å²) in [6, 6.07) is 11.8. The minimum Gasteiger partial charge on any atom is -0.491 e. The predicted octanol–water partition coefficient (Wildman–Crippen LogP) is 0.998. The van der Waals surface area contributed by atoms with Crippen LogP contribution in [0.2, 0.25) is 0 Å². The molecule has 14 heteroatoms. The number of guanidine groups is 2. The molecule has 0 unspecified atom stereocenters. The molecule has 2 rings (SSSR count). The molecule has 0 aliphatic carbocycles. The molecule has 1 amide bonds. The van der Waals surface area contributed by atoms with Gasteiger partial charge in [0, 0.05) is 30.9 Å². The zero-order valence-electron chi connectivity index (χ0n) is 25.7. The number of nitrogens with zero attached hydrogens (tertiary/aromatic N) is 3. The number of unbranched alkanes of at least 4 members (excludes halogenated alkanes) is 1. The van der Waals surface area contributed by atoms with Crippen molar-refractivity contribution in [3.63, 3.8) is 0 Å². The molecule has 0 aromatic heterocycles. The summed E-state index contributed by atoms with van der Waals surface area (Å²) in [6.45, 7) is 9.14. The highest BCUT2D eigenvalue weighted by Crippen LogP contribution is 2.24. The lowest BCUT2D eigenvalue weighted by atomic mass is 10.2. The largest absolute Gasteiger partial charge is 0.491 e. The summed E-state index contributed by atoms with van der Waals surface area (Å²) in [5, 5.41) is 6.14. The summed E-state index contributed by atoms with van der Waals surface area (Å²) in [4.78, 5) is 34.9. The Morgan fingerprint density at radius 1 is 0.864 bits per heavy atom. The third-order valence-corrected chi connectivity index (χ3v) is 6.36. The zero-order valence-corrected chi connectivity index (χ0v) is 25.7. The Bertz CT molecular complexity index is 1210. The molecule has 0 aliphatic heterocycles. The molecular weight excluding hydrogens is 566 g/mol. The molecule has 0 spiro atoms. The first kappa shape index (κ1) is 35.6. The van der Waals surface area contributed by atoms with Gasteiger partial charge in [-0.15, -0.1) is 0 Å². The first-order chi connectivity index (χ1) is 21.2. The Kier molecular flexibility index (Phi) is 16.5. The molecule has 0 bridgehead atoms. The van der Waals surface area contributed by atoms with Crippen molar-refractivity contribution >= 4 is 29.5 Å². The number of nitrogens with two attached hydrogens (primary N) is 4. The van der Waals surface area contributed by atoms with Crippen LogP contribution in [0.3, 0.4) is 0 Å². The normalized spacial score (nSPS) is 10.6. The maximum atomic E-state index is 12.6. The van der Waals surface area contributed by atoms with E-state index in [0.717, 1.165) is 38.0 Å². The number of anilines is 1. The molecule has 0 atom stereocenters. The van der Waals surface area contributed by atoms with Gasteiger partial charge in [0.05, 0.1) is 12.1 Å². The number of carbonyl (C=O) groups is 2. The van der Waals surface area contributed by atoms with Gasteiger partial charge in [-0.05, 0) is 74.9 Å². The van der Waals surface area contributed by atoms with E-state index in [1.165, 1.54) is 0 Å². The lowest BCUT2D eigenvalue weighted by molar-refractivity contribution is -0.118. The topological polar surface area (TPSA) is 218 Å². The highest BCUT2D eigenvalue weighted by molar-refractivity contribution is 5.93. The van der Waals surface area contributed by atoms with Gasteiger partial charge in [0.1, 0.15) is 24.7 Å². The van der Waals surface area contributed by atoms with Gasteiger partial charge in [-0.25, -0.2) is 4.79 Å². The van der Waals surface area contributed by atoms with Crippen molar-refractivity contribution in [1.29, 1.82) is 0 Å². The van der Waals surface area contributed by atoms with Gasteiger partial charge < -0.3 is 52.7 Å². The van der Waals surface area contributed by atoms with Crippen LogP contribution in [0.15, 0.2) is 52.4 Å². The van der Waals surface area contributed by atoms with Crippen LogP contribution in [0.25, 0.3) is 0 Å². The Morgan fingerprint density at radius 2 is 1.57 bits per heavy atom. The second-order valence-corrected chi connectivity index (χ2v) is 9.69. The Hall–Kier alpha value is -4.56. The lowest BCUT2D eigenvalue weighted by Crippen LogP contribution is -2.27. The van der Waals surface area contributed by atoms with Gasteiger partial charge in [-0.1, -0.05) is 13.8 Å². The van der Waals surface area contributed by atoms with Crippen LogP contribution in [0.5, 0.6) is 11.5 Å². The number of aliphatic imine (C=N–C) groups is 2. The molecule has 0 aliphatic rings. The van der Waals surface area contributed by atoms with Gasteiger partial charge >= 0.3 is 5.97 Å². The minimum absolute atomic E-state index is 0.00176. The Morgan fingerprint density at radius 3 is 2.25 bits per heavy atom. The van der Waals surface area contributed by atoms with Crippen LogP contribution in [0.4, 0.5) is 5.69 Å². The quantitative estimate of drug-likeness (QED) is 0.0505. The molecule has 44 heavy (non-hydrogen) atoms. The van der Waals surface area contributed by atoms with E-state index in [0.29, 0.717) is 62.1 Å². The zero-order chi connectivity index (χ0) is 32.2. The number of ether oxygens (including phenoxy) is 3. The number of benzene rings is 2. The molecule has 0 radical (unpaired) electrons. The van der Waals surface area contributed by atoms with E-state index >= 15 is 0 Å². The fraction of sp³-hybridized carbons (Fsp3) is 0.467. The first-order valence-electron chi connectivity index (χ1n) is 14.7. The Labute approximate surface area is 259 Å². The molecule has 0 heterocycles. The molecule has 0 fully saturated rings. The summed E-state index contributed by atoms with van der Waals surface area (Å²) in [5.41, 5.74) is 23.3. The average molecular weight is 614 g/mol. The van der Waals surface area contributed by atoms with E-state index in [4.69, 9.17) is 37.1 Å². The van der Waals surface area contributed by atoms with Crippen molar-refractivity contribution in [3.05, 3.63) is 53.6 Å². The second-order valence-electron chi connectivity index (χ2n) is 9.69. The van der Waals surface area contributed by atoms with E-state index in [1.807, 2.05) is 6.07 Å². The summed E-state index contributed by atoms with van der Waals surface area (Å²) in [6.07, 6.45) is 1.72. The number of likely N-dealkylation sites (N-methyl/N-ethyl adjacent to an activating group) is 1. The Balaban J connectivity index is 1.89. The molecular formula is C30H47N9O5. The third-order valence-electron chi connectivity index (χ3n) is 6.36. The number of rotatable bonds is 21.